The molecule has 3 aromatic rings. The lowest BCUT2D eigenvalue weighted by Gasteiger charge is -1.99. The number of fused-ring (bicyclic) bond motifs is 1. The number of anilines is 1. The Hall–Kier alpha value is -2.16. The predicted octanol–water partition coefficient (Wildman–Crippen LogP) is 0.204. The van der Waals surface area contributed by atoms with E-state index in [1.54, 1.807) is 6.33 Å². The Balaban J connectivity index is 2.11. The number of rotatable bonds is 2. The van der Waals surface area contributed by atoms with E-state index in [-0.39, 0.29) is 5.95 Å². The molecule has 0 atom stereocenters. The smallest absolute Gasteiger partial charge is 0.223 e. The Bertz CT molecular complexity index is 614. The molecular formula is C7H6N8S. The maximum absolute atomic E-state index is 5.58. The van der Waals surface area contributed by atoms with E-state index in [0.717, 1.165) is 5.52 Å². The molecule has 3 aromatic heterocycles. The molecule has 3 heterocycles. The molecule has 8 nitrogen and oxygen atoms in total. The van der Waals surface area contributed by atoms with Crippen LogP contribution < -0.4 is 5.73 Å². The monoisotopic (exact) mass is 234 g/mol. The van der Waals surface area contributed by atoms with Crippen LogP contribution in [0.3, 0.4) is 0 Å². The molecule has 0 aliphatic heterocycles. The molecule has 80 valence electrons. The third-order valence-corrected chi connectivity index (χ3v) is 2.73. The number of aromatic amines is 2. The Morgan fingerprint density at radius 3 is 3.00 bits per heavy atom. The molecule has 0 saturated heterocycles. The van der Waals surface area contributed by atoms with Gasteiger partial charge in [0, 0.05) is 0 Å². The van der Waals surface area contributed by atoms with Crippen molar-refractivity contribution in [3.63, 3.8) is 0 Å². The summed E-state index contributed by atoms with van der Waals surface area (Å²) in [7, 11) is 0. The number of nitrogens with one attached hydrogen (secondary N) is 2. The number of hydrogen-bond acceptors (Lipinski definition) is 7. The van der Waals surface area contributed by atoms with Crippen LogP contribution in [0.5, 0.6) is 0 Å². The first-order valence-electron chi connectivity index (χ1n) is 4.33. The number of nitrogens with two attached hydrogens (primary N) is 1. The molecule has 0 spiro atoms. The van der Waals surface area contributed by atoms with Gasteiger partial charge in [-0.2, -0.15) is 10.1 Å². The van der Waals surface area contributed by atoms with Crippen molar-refractivity contribution in [3.05, 3.63) is 12.7 Å². The molecular weight excluding hydrogens is 228 g/mol. The van der Waals surface area contributed by atoms with Gasteiger partial charge in [0.1, 0.15) is 16.9 Å². The Morgan fingerprint density at radius 1 is 1.25 bits per heavy atom. The van der Waals surface area contributed by atoms with E-state index in [1.807, 2.05) is 0 Å². The topological polar surface area (TPSA) is 122 Å². The van der Waals surface area contributed by atoms with Gasteiger partial charge in [0.2, 0.25) is 5.95 Å². The fraction of sp³-hybridized carbons (Fsp3) is 0. The van der Waals surface area contributed by atoms with Gasteiger partial charge >= 0.3 is 0 Å². The molecule has 0 amide bonds. The maximum Gasteiger partial charge on any atom is 0.223 e. The van der Waals surface area contributed by atoms with E-state index >= 15 is 0 Å². The van der Waals surface area contributed by atoms with E-state index in [0.29, 0.717) is 15.8 Å². The second-order valence-corrected chi connectivity index (χ2v) is 3.86. The minimum absolute atomic E-state index is 0.182. The van der Waals surface area contributed by atoms with Crippen molar-refractivity contribution in [2.24, 2.45) is 0 Å². The molecule has 16 heavy (non-hydrogen) atoms. The van der Waals surface area contributed by atoms with Gasteiger partial charge in [-0.25, -0.2) is 15.0 Å². The van der Waals surface area contributed by atoms with Crippen molar-refractivity contribution in [3.8, 4) is 0 Å². The standard InChI is InChI=1S/C7H6N8S/c8-6-13-4-3(9-1-10-4)5(14-6)16-7-11-2-12-15-7/h1-2H,(H,11,12,15)(H3,8,9,10,13,14). The van der Waals surface area contributed by atoms with Crippen LogP contribution in [-0.4, -0.2) is 35.1 Å². The molecule has 4 N–H and O–H groups in total. The van der Waals surface area contributed by atoms with Crippen molar-refractivity contribution in [2.75, 3.05) is 5.73 Å². The summed E-state index contributed by atoms with van der Waals surface area (Å²) in [5, 5.41) is 7.78. The summed E-state index contributed by atoms with van der Waals surface area (Å²) >= 11 is 1.31. The first-order chi connectivity index (χ1) is 7.83. The first kappa shape index (κ1) is 9.09. The molecule has 0 saturated carbocycles. The summed E-state index contributed by atoms with van der Waals surface area (Å²) in [4.78, 5) is 19.1. The average molecular weight is 234 g/mol. The Labute approximate surface area is 93.1 Å². The number of nitrogens with zero attached hydrogens (tertiary/aromatic N) is 5. The predicted molar refractivity (Wildman–Crippen MR) is 56.6 cm³/mol. The molecule has 0 aromatic carbocycles. The number of nitrogen functional groups attached to an aromatic ring is 1. The lowest BCUT2D eigenvalue weighted by Crippen LogP contribution is -1.97. The SMILES string of the molecule is Nc1nc(Sc2ncn[nH]2)c2[nH]cnc2n1. The average Bonchev–Trinajstić information content (AvgIpc) is 2.87. The minimum atomic E-state index is 0.182. The summed E-state index contributed by atoms with van der Waals surface area (Å²) < 4.78 is 0. The van der Waals surface area contributed by atoms with Crippen molar-refractivity contribution in [1.82, 2.24) is 35.1 Å². The van der Waals surface area contributed by atoms with E-state index in [1.165, 1.54) is 18.1 Å². The van der Waals surface area contributed by atoms with Crippen LogP contribution in [0.4, 0.5) is 5.95 Å². The maximum atomic E-state index is 5.58. The van der Waals surface area contributed by atoms with Crippen molar-refractivity contribution in [2.45, 2.75) is 10.2 Å². The number of hydrogen-bond donors (Lipinski definition) is 3. The van der Waals surface area contributed by atoms with Crippen LogP contribution in [0.25, 0.3) is 11.2 Å². The van der Waals surface area contributed by atoms with E-state index in [4.69, 9.17) is 5.73 Å². The Morgan fingerprint density at radius 2 is 2.19 bits per heavy atom. The van der Waals surface area contributed by atoms with Crippen molar-refractivity contribution >= 4 is 28.9 Å². The molecule has 0 radical (unpaired) electrons. The number of H-pyrrole nitrogens is 2. The third kappa shape index (κ3) is 1.46. The number of imidazole rings is 1. The molecule has 0 unspecified atom stereocenters. The highest BCUT2D eigenvalue weighted by Gasteiger charge is 2.11. The van der Waals surface area contributed by atoms with Gasteiger partial charge in [0.15, 0.2) is 10.8 Å². The summed E-state index contributed by atoms with van der Waals surface area (Å²) in [6.07, 6.45) is 2.97. The Kier molecular flexibility index (Phi) is 1.96. The zero-order chi connectivity index (χ0) is 11.0. The molecule has 0 aliphatic carbocycles. The van der Waals surface area contributed by atoms with Gasteiger partial charge in [-0.3, -0.25) is 5.10 Å². The summed E-state index contributed by atoms with van der Waals surface area (Å²) in [5.74, 6) is 0.182. The van der Waals surface area contributed by atoms with Gasteiger partial charge in [-0.15, -0.1) is 0 Å². The molecule has 9 heteroatoms. The molecule has 0 fully saturated rings. The zero-order valence-corrected chi connectivity index (χ0v) is 8.69. The van der Waals surface area contributed by atoms with Gasteiger partial charge in [-0.1, -0.05) is 0 Å². The van der Waals surface area contributed by atoms with Gasteiger partial charge < -0.3 is 10.7 Å². The second-order valence-electron chi connectivity index (χ2n) is 2.88. The third-order valence-electron chi connectivity index (χ3n) is 1.86. The lowest BCUT2D eigenvalue weighted by atomic mass is 10.5. The second kappa shape index (κ2) is 3.45. The van der Waals surface area contributed by atoms with Crippen LogP contribution in [-0.2, 0) is 0 Å². The molecule has 0 bridgehead atoms. The largest absolute Gasteiger partial charge is 0.368 e. The van der Waals surface area contributed by atoms with Crippen molar-refractivity contribution < 1.29 is 0 Å². The fourth-order valence-corrected chi connectivity index (χ4v) is 2.00. The summed E-state index contributed by atoms with van der Waals surface area (Å²) in [6.45, 7) is 0. The lowest BCUT2D eigenvalue weighted by molar-refractivity contribution is 0.967. The summed E-state index contributed by atoms with van der Waals surface area (Å²) in [6, 6.07) is 0. The van der Waals surface area contributed by atoms with Crippen LogP contribution in [0.1, 0.15) is 0 Å². The normalized spacial score (nSPS) is 11.0. The van der Waals surface area contributed by atoms with Crippen LogP contribution in [0.15, 0.2) is 22.8 Å². The van der Waals surface area contributed by atoms with Crippen LogP contribution >= 0.6 is 11.8 Å². The minimum Gasteiger partial charge on any atom is -0.368 e. The highest BCUT2D eigenvalue weighted by Crippen LogP contribution is 2.27. The quantitative estimate of drug-likeness (QED) is 0.541. The van der Waals surface area contributed by atoms with E-state index in [2.05, 4.69) is 35.1 Å². The fourth-order valence-electron chi connectivity index (χ4n) is 1.23. The highest BCUT2D eigenvalue weighted by atomic mass is 32.2. The van der Waals surface area contributed by atoms with Gasteiger partial charge in [-0.05, 0) is 11.8 Å². The zero-order valence-electron chi connectivity index (χ0n) is 7.88. The van der Waals surface area contributed by atoms with Crippen molar-refractivity contribution in [1.29, 1.82) is 0 Å². The molecule has 0 aliphatic rings. The number of aromatic nitrogens is 7. The first-order valence-corrected chi connectivity index (χ1v) is 5.14. The van der Waals surface area contributed by atoms with Gasteiger partial charge in [0.05, 0.1) is 6.33 Å². The summed E-state index contributed by atoms with van der Waals surface area (Å²) in [5.41, 5.74) is 6.85. The van der Waals surface area contributed by atoms with Gasteiger partial charge in [0.25, 0.3) is 0 Å². The van der Waals surface area contributed by atoms with E-state index in [9.17, 15) is 0 Å². The molecule has 3 rings (SSSR count). The van der Waals surface area contributed by atoms with Crippen LogP contribution in [0.2, 0.25) is 0 Å². The highest BCUT2D eigenvalue weighted by molar-refractivity contribution is 7.99. The van der Waals surface area contributed by atoms with E-state index < -0.39 is 0 Å². The van der Waals surface area contributed by atoms with Crippen LogP contribution in [0, 0.1) is 0 Å².